The first-order chi connectivity index (χ1) is 15.0. The second-order valence-corrected chi connectivity index (χ2v) is 6.64. The van der Waals surface area contributed by atoms with Crippen molar-refractivity contribution in [3.05, 3.63) is 91.3 Å². The minimum atomic E-state index is -0.704. The molecule has 2 aromatic heterocycles. The van der Waals surface area contributed by atoms with Gasteiger partial charge in [0, 0.05) is 18.0 Å². The Morgan fingerprint density at radius 3 is 2.32 bits per heavy atom. The molecular weight excluding hydrogens is 394 g/mol. The van der Waals surface area contributed by atoms with Gasteiger partial charge in [-0.3, -0.25) is 14.2 Å². The van der Waals surface area contributed by atoms with Gasteiger partial charge in [0.15, 0.2) is 0 Å². The van der Waals surface area contributed by atoms with Crippen molar-refractivity contribution in [2.45, 2.75) is 0 Å². The van der Waals surface area contributed by atoms with Crippen LogP contribution in [-0.4, -0.2) is 26.2 Å². The van der Waals surface area contributed by atoms with Gasteiger partial charge in [0.05, 0.1) is 5.69 Å². The number of hydrogen-bond acceptors (Lipinski definition) is 5. The van der Waals surface area contributed by atoms with E-state index in [9.17, 15) is 9.59 Å². The van der Waals surface area contributed by atoms with Gasteiger partial charge in [-0.25, -0.2) is 4.68 Å². The van der Waals surface area contributed by atoms with Gasteiger partial charge in [-0.2, -0.15) is 5.10 Å². The first kappa shape index (κ1) is 19.7. The van der Waals surface area contributed by atoms with Gasteiger partial charge < -0.3 is 16.2 Å². The molecular formula is C23H19N5O3. The lowest BCUT2D eigenvalue weighted by Crippen LogP contribution is -2.14. The molecule has 0 radical (unpaired) electrons. The zero-order valence-corrected chi connectivity index (χ0v) is 16.4. The molecule has 4 rings (SSSR count). The molecule has 0 bridgehead atoms. The number of aromatic nitrogens is 3. The molecule has 0 atom stereocenters. The molecule has 8 nitrogen and oxygen atoms in total. The predicted molar refractivity (Wildman–Crippen MR) is 117 cm³/mol. The van der Waals surface area contributed by atoms with Crippen molar-refractivity contribution in [3.63, 3.8) is 0 Å². The van der Waals surface area contributed by atoms with Gasteiger partial charge in [-0.1, -0.05) is 24.8 Å². The van der Waals surface area contributed by atoms with Crippen LogP contribution in [0.5, 0.6) is 11.5 Å². The number of primary amides is 1. The summed E-state index contributed by atoms with van der Waals surface area (Å²) in [5.41, 5.74) is 13.3. The number of amides is 1. The van der Waals surface area contributed by atoms with Gasteiger partial charge in [-0.15, -0.1) is 0 Å². The molecule has 0 aliphatic heterocycles. The van der Waals surface area contributed by atoms with Crippen molar-refractivity contribution in [3.8, 4) is 28.4 Å². The average molecular weight is 413 g/mol. The third-order valence-corrected chi connectivity index (χ3v) is 4.63. The number of anilines is 1. The Labute approximate surface area is 178 Å². The van der Waals surface area contributed by atoms with Gasteiger partial charge in [0.2, 0.25) is 0 Å². The Hall–Kier alpha value is -4.59. The molecule has 154 valence electrons. The molecule has 0 fully saturated rings. The number of rotatable bonds is 6. The minimum absolute atomic E-state index is 0.0796. The summed E-state index contributed by atoms with van der Waals surface area (Å²) in [4.78, 5) is 23.9. The molecule has 0 aliphatic rings. The standard InChI is InChI=1S/C23H19N5O3/c1-2-19(29)27-13-12-16(14-27)28-22(24)20(23(25)30)21(26-28)15-8-10-18(11-9-15)31-17-6-4-3-5-7-17/h2-14H,1,24H2,(H2,25,30). The number of nitrogens with two attached hydrogens (primary N) is 2. The fourth-order valence-corrected chi connectivity index (χ4v) is 3.13. The van der Waals surface area contributed by atoms with Gasteiger partial charge in [0.25, 0.3) is 11.8 Å². The van der Waals surface area contributed by atoms with Crippen LogP contribution in [0.3, 0.4) is 0 Å². The average Bonchev–Trinajstić information content (AvgIpc) is 3.39. The third kappa shape index (κ3) is 3.82. The van der Waals surface area contributed by atoms with E-state index >= 15 is 0 Å². The monoisotopic (exact) mass is 413 g/mol. The summed E-state index contributed by atoms with van der Waals surface area (Å²) in [6.45, 7) is 3.46. The normalized spacial score (nSPS) is 10.6. The fraction of sp³-hybridized carbons (Fsp3) is 0. The number of ether oxygens (including phenoxy) is 1. The highest BCUT2D eigenvalue weighted by molar-refractivity contribution is 6.03. The van der Waals surface area contributed by atoms with Crippen molar-refractivity contribution in [1.29, 1.82) is 0 Å². The van der Waals surface area contributed by atoms with E-state index in [1.165, 1.54) is 15.3 Å². The molecule has 0 saturated heterocycles. The molecule has 2 aromatic carbocycles. The highest BCUT2D eigenvalue weighted by Gasteiger charge is 2.23. The van der Waals surface area contributed by atoms with Crippen molar-refractivity contribution < 1.29 is 14.3 Å². The molecule has 1 amide bonds. The highest BCUT2D eigenvalue weighted by atomic mass is 16.5. The van der Waals surface area contributed by atoms with Crippen LogP contribution in [0.4, 0.5) is 5.82 Å². The zero-order valence-electron chi connectivity index (χ0n) is 16.4. The SMILES string of the molecule is C=CC(=O)n1ccc(-n2nc(-c3ccc(Oc4ccccc4)cc3)c(C(N)=O)c2N)c1. The van der Waals surface area contributed by atoms with E-state index < -0.39 is 5.91 Å². The van der Waals surface area contributed by atoms with Gasteiger partial charge in [0.1, 0.15) is 28.6 Å². The van der Waals surface area contributed by atoms with Crippen LogP contribution in [0.15, 0.2) is 85.7 Å². The summed E-state index contributed by atoms with van der Waals surface area (Å²) >= 11 is 0. The second kappa shape index (κ2) is 8.03. The Morgan fingerprint density at radius 1 is 1.00 bits per heavy atom. The summed E-state index contributed by atoms with van der Waals surface area (Å²) in [6, 6.07) is 18.1. The first-order valence-corrected chi connectivity index (χ1v) is 9.34. The number of carbonyl (C=O) groups is 2. The largest absolute Gasteiger partial charge is 0.457 e. The summed E-state index contributed by atoms with van der Waals surface area (Å²) in [5, 5.41) is 4.48. The highest BCUT2D eigenvalue weighted by Crippen LogP contribution is 2.31. The molecule has 0 saturated carbocycles. The summed E-state index contributed by atoms with van der Waals surface area (Å²) in [7, 11) is 0. The molecule has 8 heteroatoms. The second-order valence-electron chi connectivity index (χ2n) is 6.64. The Bertz CT molecular complexity index is 1270. The van der Waals surface area contributed by atoms with E-state index in [4.69, 9.17) is 16.2 Å². The molecule has 31 heavy (non-hydrogen) atoms. The summed E-state index contributed by atoms with van der Waals surface area (Å²) in [5.74, 6) is 0.408. The zero-order chi connectivity index (χ0) is 22.0. The molecule has 4 aromatic rings. The predicted octanol–water partition coefficient (Wildman–Crippen LogP) is 3.64. The molecule has 0 spiro atoms. The number of nitrogens with zero attached hydrogens (tertiary/aromatic N) is 3. The Balaban J connectivity index is 1.70. The van der Waals surface area contributed by atoms with E-state index in [0.29, 0.717) is 28.4 Å². The number of hydrogen-bond donors (Lipinski definition) is 2. The summed E-state index contributed by atoms with van der Waals surface area (Å²) in [6.07, 6.45) is 4.29. The first-order valence-electron chi connectivity index (χ1n) is 9.34. The lowest BCUT2D eigenvalue weighted by molar-refractivity contribution is 0.0967. The van der Waals surface area contributed by atoms with Gasteiger partial charge in [-0.05, 0) is 48.5 Å². The number of allylic oxidation sites excluding steroid dienone is 1. The maximum Gasteiger partial charge on any atom is 0.254 e. The topological polar surface area (TPSA) is 118 Å². The van der Waals surface area contributed by atoms with Crippen LogP contribution in [0.25, 0.3) is 16.9 Å². The molecule has 2 heterocycles. The molecule has 0 aliphatic carbocycles. The maximum atomic E-state index is 12.1. The summed E-state index contributed by atoms with van der Waals surface area (Å²) < 4.78 is 8.50. The lowest BCUT2D eigenvalue weighted by atomic mass is 10.1. The lowest BCUT2D eigenvalue weighted by Gasteiger charge is -2.06. The van der Waals surface area contributed by atoms with Crippen LogP contribution in [0.1, 0.15) is 15.2 Å². The van der Waals surface area contributed by atoms with Crippen molar-refractivity contribution in [2.24, 2.45) is 5.73 Å². The fourth-order valence-electron chi connectivity index (χ4n) is 3.13. The van der Waals surface area contributed by atoms with E-state index in [1.54, 1.807) is 42.7 Å². The quantitative estimate of drug-likeness (QED) is 0.468. The van der Waals surface area contributed by atoms with Crippen LogP contribution in [-0.2, 0) is 0 Å². The van der Waals surface area contributed by atoms with E-state index in [1.807, 2.05) is 30.3 Å². The maximum absolute atomic E-state index is 12.1. The van der Waals surface area contributed by atoms with Crippen LogP contribution in [0.2, 0.25) is 0 Å². The van der Waals surface area contributed by atoms with Gasteiger partial charge >= 0.3 is 0 Å². The van der Waals surface area contributed by atoms with Crippen LogP contribution >= 0.6 is 0 Å². The molecule has 0 unspecified atom stereocenters. The number of carbonyl (C=O) groups excluding carboxylic acids is 2. The van der Waals surface area contributed by atoms with Crippen molar-refractivity contribution in [2.75, 3.05) is 5.73 Å². The smallest absolute Gasteiger partial charge is 0.254 e. The molecule has 4 N–H and O–H groups in total. The van der Waals surface area contributed by atoms with Crippen molar-refractivity contribution in [1.82, 2.24) is 14.3 Å². The number of para-hydroxylation sites is 1. The Kier molecular flexibility index (Phi) is 5.11. The van der Waals surface area contributed by atoms with Crippen LogP contribution in [0, 0.1) is 0 Å². The van der Waals surface area contributed by atoms with E-state index in [-0.39, 0.29) is 17.3 Å². The number of benzene rings is 2. The Morgan fingerprint density at radius 2 is 1.68 bits per heavy atom. The number of nitrogen functional groups attached to an aromatic ring is 1. The van der Waals surface area contributed by atoms with E-state index in [0.717, 1.165) is 0 Å². The third-order valence-electron chi connectivity index (χ3n) is 4.63. The van der Waals surface area contributed by atoms with Crippen LogP contribution < -0.4 is 16.2 Å². The van der Waals surface area contributed by atoms with E-state index in [2.05, 4.69) is 11.7 Å². The minimum Gasteiger partial charge on any atom is -0.457 e. The van der Waals surface area contributed by atoms with Crippen molar-refractivity contribution >= 4 is 17.6 Å².